The van der Waals surface area contributed by atoms with Crippen LogP contribution in [0.2, 0.25) is 5.02 Å². The van der Waals surface area contributed by atoms with Gasteiger partial charge in [-0.2, -0.15) is 0 Å². The van der Waals surface area contributed by atoms with Crippen LogP contribution in [0.1, 0.15) is 11.1 Å². The number of carbonyl (C=O) groups is 2. The lowest BCUT2D eigenvalue weighted by molar-refractivity contribution is -0.142. The highest BCUT2D eigenvalue weighted by Gasteiger charge is 2.30. The molecule has 0 bridgehead atoms. The zero-order valence-corrected chi connectivity index (χ0v) is 19.2. The second-order valence-electron chi connectivity index (χ2n) is 7.59. The molecule has 0 heterocycles. The first-order valence-electron chi connectivity index (χ1n) is 10.8. The molecular weight excluding hydrogens is 459 g/mol. The van der Waals surface area contributed by atoms with Crippen LogP contribution in [0.15, 0.2) is 78.9 Å². The van der Waals surface area contributed by atoms with Crippen LogP contribution in [0.3, 0.4) is 0 Å². The summed E-state index contributed by atoms with van der Waals surface area (Å²) >= 11 is 6.14. The number of aliphatic hydroxyl groups excluding tert-OH is 1. The van der Waals surface area contributed by atoms with Gasteiger partial charge in [0.15, 0.2) is 6.61 Å². The predicted octanol–water partition coefficient (Wildman–Crippen LogP) is 3.61. The summed E-state index contributed by atoms with van der Waals surface area (Å²) in [5.41, 5.74) is 1.51. The van der Waals surface area contributed by atoms with Crippen molar-refractivity contribution >= 4 is 23.4 Å². The van der Waals surface area contributed by atoms with Crippen LogP contribution in [-0.2, 0) is 22.6 Å². The number of hydrogen-bond acceptors (Lipinski definition) is 4. The van der Waals surface area contributed by atoms with E-state index in [1.165, 1.54) is 17.0 Å². The highest BCUT2D eigenvalue weighted by Crippen LogP contribution is 2.23. The Kier molecular flexibility index (Phi) is 9.43. The normalized spacial score (nSPS) is 11.5. The van der Waals surface area contributed by atoms with Crippen LogP contribution < -0.4 is 10.1 Å². The summed E-state index contributed by atoms with van der Waals surface area (Å²) in [6.45, 7) is -0.456. The van der Waals surface area contributed by atoms with Crippen molar-refractivity contribution in [1.29, 1.82) is 0 Å². The third-order valence-corrected chi connectivity index (χ3v) is 5.45. The van der Waals surface area contributed by atoms with Gasteiger partial charge in [-0.25, -0.2) is 4.39 Å². The lowest BCUT2D eigenvalue weighted by Crippen LogP contribution is -2.52. The third-order valence-electron chi connectivity index (χ3n) is 5.14. The fourth-order valence-electron chi connectivity index (χ4n) is 3.42. The van der Waals surface area contributed by atoms with E-state index >= 15 is 0 Å². The molecule has 178 valence electrons. The van der Waals surface area contributed by atoms with Gasteiger partial charge < -0.3 is 20.1 Å². The molecule has 6 nitrogen and oxygen atoms in total. The first-order valence-corrected chi connectivity index (χ1v) is 11.2. The van der Waals surface area contributed by atoms with Crippen LogP contribution in [0, 0.1) is 5.82 Å². The summed E-state index contributed by atoms with van der Waals surface area (Å²) in [6.07, 6.45) is 0.247. The molecule has 1 unspecified atom stereocenters. The van der Waals surface area contributed by atoms with Crippen LogP contribution in [0.4, 0.5) is 4.39 Å². The van der Waals surface area contributed by atoms with Crippen molar-refractivity contribution in [1.82, 2.24) is 10.2 Å². The molecule has 3 rings (SSSR count). The van der Waals surface area contributed by atoms with E-state index in [-0.39, 0.29) is 32.7 Å². The Labute approximate surface area is 202 Å². The lowest BCUT2D eigenvalue weighted by Gasteiger charge is -2.31. The Hall–Kier alpha value is -3.42. The second kappa shape index (κ2) is 12.7. The van der Waals surface area contributed by atoms with Gasteiger partial charge in [0.1, 0.15) is 17.6 Å². The number of nitrogens with zero attached hydrogens (tertiary/aromatic N) is 1. The van der Waals surface area contributed by atoms with Crippen molar-refractivity contribution in [3.05, 3.63) is 101 Å². The molecule has 0 aliphatic carbocycles. The maximum atomic E-state index is 13.4. The van der Waals surface area contributed by atoms with Gasteiger partial charge in [0.05, 0.1) is 11.6 Å². The van der Waals surface area contributed by atoms with Gasteiger partial charge in [0.25, 0.3) is 5.91 Å². The van der Waals surface area contributed by atoms with Gasteiger partial charge in [0.2, 0.25) is 5.91 Å². The second-order valence-corrected chi connectivity index (χ2v) is 7.99. The number of benzene rings is 3. The number of halogens is 2. The molecule has 0 saturated heterocycles. The summed E-state index contributed by atoms with van der Waals surface area (Å²) in [6, 6.07) is 20.9. The average Bonchev–Trinajstić information content (AvgIpc) is 2.85. The number of amides is 2. The molecule has 0 aromatic heterocycles. The lowest BCUT2D eigenvalue weighted by atomic mass is 10.0. The summed E-state index contributed by atoms with van der Waals surface area (Å²) in [4.78, 5) is 27.9. The number of nitrogens with one attached hydrogen (secondary N) is 1. The molecule has 1 atom stereocenters. The highest BCUT2D eigenvalue weighted by molar-refractivity contribution is 6.32. The molecule has 0 radical (unpaired) electrons. The number of carbonyl (C=O) groups excluding carboxylic acids is 2. The van der Waals surface area contributed by atoms with E-state index in [0.29, 0.717) is 16.3 Å². The van der Waals surface area contributed by atoms with Crippen LogP contribution in [0.5, 0.6) is 5.75 Å². The molecule has 2 amide bonds. The smallest absolute Gasteiger partial charge is 0.261 e. The quantitative estimate of drug-likeness (QED) is 0.436. The van der Waals surface area contributed by atoms with Crippen LogP contribution in [-0.4, -0.2) is 47.6 Å². The van der Waals surface area contributed by atoms with Crippen LogP contribution in [0.25, 0.3) is 0 Å². The maximum Gasteiger partial charge on any atom is 0.261 e. The first-order chi connectivity index (χ1) is 16.5. The van der Waals surface area contributed by atoms with Gasteiger partial charge in [0, 0.05) is 19.5 Å². The number of aliphatic hydroxyl groups is 1. The Morgan fingerprint density at radius 1 is 0.971 bits per heavy atom. The number of hydrogen-bond donors (Lipinski definition) is 2. The average molecular weight is 485 g/mol. The van der Waals surface area contributed by atoms with E-state index in [2.05, 4.69) is 5.32 Å². The van der Waals surface area contributed by atoms with Crippen molar-refractivity contribution in [2.45, 2.75) is 19.0 Å². The van der Waals surface area contributed by atoms with Crippen LogP contribution >= 0.6 is 11.6 Å². The largest absolute Gasteiger partial charge is 0.482 e. The fraction of sp³-hybridized carbons (Fsp3) is 0.231. The van der Waals surface area contributed by atoms with E-state index < -0.39 is 23.7 Å². The minimum atomic E-state index is -0.888. The Morgan fingerprint density at radius 3 is 2.32 bits per heavy atom. The highest BCUT2D eigenvalue weighted by atomic mass is 35.5. The van der Waals surface area contributed by atoms with E-state index in [1.54, 1.807) is 36.4 Å². The van der Waals surface area contributed by atoms with E-state index in [0.717, 1.165) is 5.56 Å². The van der Waals surface area contributed by atoms with Crippen molar-refractivity contribution < 1.29 is 23.8 Å². The van der Waals surface area contributed by atoms with Gasteiger partial charge in [-0.1, -0.05) is 66.2 Å². The summed E-state index contributed by atoms with van der Waals surface area (Å²) < 4.78 is 19.1. The Balaban J connectivity index is 1.89. The third kappa shape index (κ3) is 7.30. The SMILES string of the molecule is O=C(NCCO)C(Cc1ccccc1)N(Cc1ccc(F)cc1)C(=O)COc1ccccc1Cl. The molecule has 0 spiro atoms. The molecular formula is C26H26ClFN2O4. The van der Waals surface area contributed by atoms with Crippen molar-refractivity contribution in [2.75, 3.05) is 19.8 Å². The van der Waals surface area contributed by atoms with Gasteiger partial charge in [-0.05, 0) is 35.4 Å². The zero-order chi connectivity index (χ0) is 24.3. The number of para-hydroxylation sites is 1. The van der Waals surface area contributed by atoms with Crippen molar-refractivity contribution in [3.8, 4) is 5.75 Å². The predicted molar refractivity (Wildman–Crippen MR) is 128 cm³/mol. The molecule has 2 N–H and O–H groups in total. The standard InChI is InChI=1S/C26H26ClFN2O4/c27-22-8-4-5-9-24(22)34-18-25(32)30(17-20-10-12-21(28)13-11-20)23(26(33)29-14-15-31)16-19-6-2-1-3-7-19/h1-13,23,31H,14-18H2,(H,29,33). The van der Waals surface area contributed by atoms with Crippen molar-refractivity contribution in [2.24, 2.45) is 0 Å². The zero-order valence-electron chi connectivity index (χ0n) is 18.5. The van der Waals surface area contributed by atoms with E-state index in [9.17, 15) is 14.0 Å². The van der Waals surface area contributed by atoms with Gasteiger partial charge >= 0.3 is 0 Å². The minimum Gasteiger partial charge on any atom is -0.482 e. The van der Waals surface area contributed by atoms with E-state index in [1.807, 2.05) is 30.3 Å². The molecule has 34 heavy (non-hydrogen) atoms. The summed E-state index contributed by atoms with van der Waals surface area (Å²) in [7, 11) is 0. The number of ether oxygens (including phenoxy) is 1. The topological polar surface area (TPSA) is 78.9 Å². The van der Waals surface area contributed by atoms with Gasteiger partial charge in [-0.15, -0.1) is 0 Å². The Morgan fingerprint density at radius 2 is 1.65 bits per heavy atom. The fourth-order valence-corrected chi connectivity index (χ4v) is 3.61. The monoisotopic (exact) mass is 484 g/mol. The molecule has 0 fully saturated rings. The molecule has 0 saturated carbocycles. The summed E-state index contributed by atoms with van der Waals surface area (Å²) in [5, 5.41) is 12.2. The summed E-state index contributed by atoms with van der Waals surface area (Å²) in [5.74, 6) is -0.899. The minimum absolute atomic E-state index is 0.0544. The van der Waals surface area contributed by atoms with Crippen molar-refractivity contribution in [3.63, 3.8) is 0 Å². The Bertz CT molecular complexity index is 1080. The van der Waals surface area contributed by atoms with Gasteiger partial charge in [-0.3, -0.25) is 9.59 Å². The molecule has 8 heteroatoms. The number of rotatable bonds is 11. The maximum absolute atomic E-state index is 13.4. The molecule has 0 aliphatic rings. The van der Waals surface area contributed by atoms with E-state index in [4.69, 9.17) is 21.4 Å². The molecule has 0 aliphatic heterocycles. The molecule has 3 aromatic carbocycles. The first kappa shape index (κ1) is 25.2. The molecule has 3 aromatic rings.